The zero-order valence-corrected chi connectivity index (χ0v) is 14.1. The summed E-state index contributed by atoms with van der Waals surface area (Å²) in [6.45, 7) is 0.818. The van der Waals surface area contributed by atoms with Crippen LogP contribution >= 0.6 is 0 Å². The molecule has 1 atom stereocenters. The molecular formula is C19H23NO2S. The van der Waals surface area contributed by atoms with Crippen molar-refractivity contribution < 1.29 is 8.42 Å². The van der Waals surface area contributed by atoms with Gasteiger partial charge in [-0.1, -0.05) is 54.6 Å². The van der Waals surface area contributed by atoms with E-state index >= 15 is 0 Å². The van der Waals surface area contributed by atoms with Crippen LogP contribution in [0.5, 0.6) is 0 Å². The summed E-state index contributed by atoms with van der Waals surface area (Å²) in [6.07, 6.45) is 2.66. The number of rotatable bonds is 5. The van der Waals surface area contributed by atoms with Gasteiger partial charge in [-0.3, -0.25) is 0 Å². The fourth-order valence-electron chi connectivity index (χ4n) is 3.14. The van der Waals surface area contributed by atoms with Gasteiger partial charge in [0.2, 0.25) is 0 Å². The molecule has 1 saturated heterocycles. The van der Waals surface area contributed by atoms with Gasteiger partial charge in [-0.15, -0.1) is 0 Å². The Hall–Kier alpha value is -1.65. The number of hydrogen-bond donors (Lipinski definition) is 1. The predicted octanol–water partition coefficient (Wildman–Crippen LogP) is 3.06. The minimum Gasteiger partial charge on any atom is -0.313 e. The van der Waals surface area contributed by atoms with Crippen LogP contribution in [0.3, 0.4) is 0 Å². The van der Waals surface area contributed by atoms with E-state index < -0.39 is 9.84 Å². The lowest BCUT2D eigenvalue weighted by Crippen LogP contribution is -2.40. The first-order valence-corrected chi connectivity index (χ1v) is 10.0. The summed E-state index contributed by atoms with van der Waals surface area (Å²) in [6, 6.07) is 19.0. The molecular weight excluding hydrogens is 306 g/mol. The third-order valence-electron chi connectivity index (χ3n) is 4.34. The molecule has 1 fully saturated rings. The minimum absolute atomic E-state index is 0.117. The van der Waals surface area contributed by atoms with Crippen molar-refractivity contribution in [2.45, 2.75) is 25.3 Å². The van der Waals surface area contributed by atoms with Crippen LogP contribution in [0, 0.1) is 0 Å². The molecule has 4 heteroatoms. The SMILES string of the molecule is O=S1(=O)CCC[C@H](NCCc2cccc(-c3ccccc3)c2)C1. The summed E-state index contributed by atoms with van der Waals surface area (Å²) in [5.74, 6) is 0.640. The highest BCUT2D eigenvalue weighted by Gasteiger charge is 2.23. The van der Waals surface area contributed by atoms with Crippen molar-refractivity contribution >= 4 is 9.84 Å². The molecule has 0 aromatic heterocycles. The normalized spacial score (nSPS) is 20.3. The second-order valence-corrected chi connectivity index (χ2v) is 8.45. The number of hydrogen-bond acceptors (Lipinski definition) is 3. The van der Waals surface area contributed by atoms with E-state index in [9.17, 15) is 8.42 Å². The molecule has 0 saturated carbocycles. The van der Waals surface area contributed by atoms with Crippen LogP contribution in [0.1, 0.15) is 18.4 Å². The van der Waals surface area contributed by atoms with Crippen LogP contribution in [0.2, 0.25) is 0 Å². The lowest BCUT2D eigenvalue weighted by molar-refractivity contribution is 0.483. The Labute approximate surface area is 138 Å². The van der Waals surface area contributed by atoms with Gasteiger partial charge in [0, 0.05) is 6.04 Å². The first-order chi connectivity index (χ1) is 11.1. The largest absolute Gasteiger partial charge is 0.313 e. The van der Waals surface area contributed by atoms with E-state index in [-0.39, 0.29) is 11.8 Å². The summed E-state index contributed by atoms with van der Waals surface area (Å²) in [7, 11) is -2.83. The van der Waals surface area contributed by atoms with Crippen LogP contribution in [0.25, 0.3) is 11.1 Å². The number of nitrogens with one attached hydrogen (secondary N) is 1. The second kappa shape index (κ2) is 7.28. The van der Waals surface area contributed by atoms with Gasteiger partial charge < -0.3 is 5.32 Å². The van der Waals surface area contributed by atoms with Crippen molar-refractivity contribution in [2.24, 2.45) is 0 Å². The van der Waals surface area contributed by atoms with Crippen molar-refractivity contribution in [1.29, 1.82) is 0 Å². The Bertz CT molecular complexity index is 741. The average Bonchev–Trinajstić information content (AvgIpc) is 2.55. The van der Waals surface area contributed by atoms with Crippen molar-refractivity contribution in [1.82, 2.24) is 5.32 Å². The standard InChI is InChI=1S/C19H23NO2S/c21-23(22)13-5-10-19(15-23)20-12-11-16-6-4-9-18(14-16)17-7-2-1-3-8-17/h1-4,6-9,14,19-20H,5,10-13,15H2/t19-/m0/s1. The van der Waals surface area contributed by atoms with Crippen LogP contribution in [-0.4, -0.2) is 32.5 Å². The molecule has 3 nitrogen and oxygen atoms in total. The van der Waals surface area contributed by atoms with Gasteiger partial charge >= 0.3 is 0 Å². The Kier molecular flexibility index (Phi) is 5.13. The quantitative estimate of drug-likeness (QED) is 0.917. The van der Waals surface area contributed by atoms with E-state index in [1.807, 2.05) is 18.2 Å². The molecule has 2 aromatic rings. The Morgan fingerprint density at radius 1 is 1.00 bits per heavy atom. The molecule has 0 radical (unpaired) electrons. The molecule has 1 aliphatic rings. The number of benzene rings is 2. The molecule has 2 aromatic carbocycles. The lowest BCUT2D eigenvalue weighted by Gasteiger charge is -2.23. The van der Waals surface area contributed by atoms with E-state index in [0.717, 1.165) is 25.8 Å². The van der Waals surface area contributed by atoms with Crippen LogP contribution < -0.4 is 5.32 Å². The molecule has 1 N–H and O–H groups in total. The molecule has 0 amide bonds. The maximum Gasteiger partial charge on any atom is 0.151 e. The smallest absolute Gasteiger partial charge is 0.151 e. The molecule has 1 heterocycles. The van der Waals surface area contributed by atoms with E-state index in [4.69, 9.17) is 0 Å². The molecule has 0 unspecified atom stereocenters. The maximum atomic E-state index is 11.7. The zero-order valence-electron chi connectivity index (χ0n) is 13.2. The Morgan fingerprint density at radius 3 is 2.57 bits per heavy atom. The molecule has 3 rings (SSSR count). The maximum absolute atomic E-state index is 11.7. The molecule has 122 valence electrons. The van der Waals surface area contributed by atoms with Crippen LogP contribution in [0.4, 0.5) is 0 Å². The van der Waals surface area contributed by atoms with Gasteiger partial charge in [-0.05, 0) is 42.5 Å². The van der Waals surface area contributed by atoms with E-state index in [1.54, 1.807) is 0 Å². The molecule has 0 spiro atoms. The second-order valence-electron chi connectivity index (χ2n) is 6.22. The van der Waals surface area contributed by atoms with Crippen molar-refractivity contribution in [3.05, 3.63) is 60.2 Å². The third kappa shape index (κ3) is 4.66. The highest BCUT2D eigenvalue weighted by molar-refractivity contribution is 7.91. The van der Waals surface area contributed by atoms with Gasteiger partial charge in [0.25, 0.3) is 0 Å². The third-order valence-corrected chi connectivity index (χ3v) is 6.16. The fourth-order valence-corrected chi connectivity index (χ4v) is 4.81. The van der Waals surface area contributed by atoms with Gasteiger partial charge in [-0.25, -0.2) is 8.42 Å². The minimum atomic E-state index is -2.83. The summed E-state index contributed by atoms with van der Waals surface area (Å²) in [5, 5.41) is 3.41. The van der Waals surface area contributed by atoms with Gasteiger partial charge in [0.1, 0.15) is 0 Å². The van der Waals surface area contributed by atoms with Gasteiger partial charge in [-0.2, -0.15) is 0 Å². The number of sulfone groups is 1. The summed E-state index contributed by atoms with van der Waals surface area (Å²) in [4.78, 5) is 0. The van der Waals surface area contributed by atoms with Crippen LogP contribution in [0.15, 0.2) is 54.6 Å². The van der Waals surface area contributed by atoms with Gasteiger partial charge in [0.15, 0.2) is 9.84 Å². The summed E-state index contributed by atoms with van der Waals surface area (Å²) in [5.41, 5.74) is 3.72. The average molecular weight is 329 g/mol. The lowest BCUT2D eigenvalue weighted by atomic mass is 10.0. The Balaban J connectivity index is 1.57. The van der Waals surface area contributed by atoms with Crippen LogP contribution in [-0.2, 0) is 16.3 Å². The van der Waals surface area contributed by atoms with E-state index in [1.165, 1.54) is 16.7 Å². The molecule has 0 aliphatic carbocycles. The van der Waals surface area contributed by atoms with Gasteiger partial charge in [0.05, 0.1) is 11.5 Å². The summed E-state index contributed by atoms with van der Waals surface area (Å²) >= 11 is 0. The Morgan fingerprint density at radius 2 is 1.78 bits per heavy atom. The first-order valence-electron chi connectivity index (χ1n) is 8.21. The first kappa shape index (κ1) is 16.2. The molecule has 23 heavy (non-hydrogen) atoms. The highest BCUT2D eigenvalue weighted by atomic mass is 32.2. The highest BCUT2D eigenvalue weighted by Crippen LogP contribution is 2.20. The predicted molar refractivity (Wildman–Crippen MR) is 95.3 cm³/mol. The monoisotopic (exact) mass is 329 g/mol. The summed E-state index contributed by atoms with van der Waals surface area (Å²) < 4.78 is 23.3. The molecule has 0 bridgehead atoms. The fraction of sp³-hybridized carbons (Fsp3) is 0.368. The zero-order chi connectivity index (χ0) is 16.1. The van der Waals surface area contributed by atoms with Crippen molar-refractivity contribution in [2.75, 3.05) is 18.1 Å². The topological polar surface area (TPSA) is 46.2 Å². The van der Waals surface area contributed by atoms with Crippen molar-refractivity contribution in [3.8, 4) is 11.1 Å². The molecule has 1 aliphatic heterocycles. The van der Waals surface area contributed by atoms with Crippen molar-refractivity contribution in [3.63, 3.8) is 0 Å². The van der Waals surface area contributed by atoms with E-state index in [2.05, 4.69) is 41.7 Å². The van der Waals surface area contributed by atoms with E-state index in [0.29, 0.717) is 5.75 Å².